The highest BCUT2D eigenvalue weighted by atomic mass is 16.3. The van der Waals surface area contributed by atoms with E-state index in [0.29, 0.717) is 12.1 Å². The van der Waals surface area contributed by atoms with Gasteiger partial charge < -0.3 is 9.67 Å². The minimum atomic E-state index is -0.0526. The van der Waals surface area contributed by atoms with Gasteiger partial charge in [-0.2, -0.15) is 0 Å². The standard InChI is InChI=1S/C19H26N4O/c1-12(2)21-19(22-13(3)4)23-17-9-14(11-24)5-6-15(17)16-7-8-20-10-18(16)23/h5-10,12-13,19,21-22,24H,11H2,1-4H3. The Morgan fingerprint density at radius 3 is 2.29 bits per heavy atom. The van der Waals surface area contributed by atoms with Gasteiger partial charge in [-0.3, -0.25) is 15.6 Å². The van der Waals surface area contributed by atoms with Crippen LogP contribution in [0, 0.1) is 0 Å². The minimum absolute atomic E-state index is 0.0373. The molecule has 0 aliphatic heterocycles. The van der Waals surface area contributed by atoms with E-state index < -0.39 is 0 Å². The van der Waals surface area contributed by atoms with Crippen LogP contribution >= 0.6 is 0 Å². The van der Waals surface area contributed by atoms with E-state index in [1.54, 1.807) is 0 Å². The van der Waals surface area contributed by atoms with Crippen LogP contribution in [-0.4, -0.2) is 26.7 Å². The van der Waals surface area contributed by atoms with E-state index in [0.717, 1.165) is 16.6 Å². The number of pyridine rings is 1. The van der Waals surface area contributed by atoms with Gasteiger partial charge in [0.1, 0.15) is 6.29 Å². The van der Waals surface area contributed by atoms with E-state index >= 15 is 0 Å². The second-order valence-corrected chi connectivity index (χ2v) is 6.82. The number of aromatic nitrogens is 2. The molecule has 0 saturated heterocycles. The summed E-state index contributed by atoms with van der Waals surface area (Å²) in [4.78, 5) is 4.33. The number of fused-ring (bicyclic) bond motifs is 3. The zero-order valence-electron chi connectivity index (χ0n) is 14.7. The molecular weight excluding hydrogens is 300 g/mol. The van der Waals surface area contributed by atoms with Crippen molar-refractivity contribution in [2.75, 3.05) is 0 Å². The van der Waals surface area contributed by atoms with Gasteiger partial charge in [0, 0.05) is 29.1 Å². The first-order valence-corrected chi connectivity index (χ1v) is 8.50. The Morgan fingerprint density at radius 1 is 1.00 bits per heavy atom. The summed E-state index contributed by atoms with van der Waals surface area (Å²) in [6.07, 6.45) is 3.68. The Bertz CT molecular complexity index is 828. The molecule has 128 valence electrons. The summed E-state index contributed by atoms with van der Waals surface area (Å²) in [6.45, 7) is 8.59. The zero-order valence-corrected chi connectivity index (χ0v) is 14.7. The SMILES string of the molecule is CC(C)NC(NC(C)C)n1c2cnccc2c2ccc(CO)cc21. The highest BCUT2D eigenvalue weighted by Gasteiger charge is 2.19. The molecule has 0 aliphatic rings. The summed E-state index contributed by atoms with van der Waals surface area (Å²) in [6, 6.07) is 8.83. The van der Waals surface area contributed by atoms with Crippen LogP contribution in [0.4, 0.5) is 0 Å². The van der Waals surface area contributed by atoms with Gasteiger partial charge in [0.05, 0.1) is 23.8 Å². The quantitative estimate of drug-likeness (QED) is 0.609. The lowest BCUT2D eigenvalue weighted by Crippen LogP contribution is -2.44. The van der Waals surface area contributed by atoms with Crippen LogP contribution in [0.25, 0.3) is 21.8 Å². The monoisotopic (exact) mass is 326 g/mol. The molecule has 0 saturated carbocycles. The van der Waals surface area contributed by atoms with E-state index in [9.17, 15) is 5.11 Å². The van der Waals surface area contributed by atoms with Crippen molar-refractivity contribution in [2.24, 2.45) is 0 Å². The van der Waals surface area contributed by atoms with Crippen molar-refractivity contribution in [3.05, 3.63) is 42.2 Å². The maximum absolute atomic E-state index is 9.54. The molecule has 0 spiro atoms. The second-order valence-electron chi connectivity index (χ2n) is 6.82. The van der Waals surface area contributed by atoms with Crippen molar-refractivity contribution >= 4 is 21.8 Å². The molecule has 0 aliphatic carbocycles. The summed E-state index contributed by atoms with van der Waals surface area (Å²) in [5, 5.41) is 19.1. The molecule has 2 heterocycles. The van der Waals surface area contributed by atoms with Crippen molar-refractivity contribution < 1.29 is 5.11 Å². The van der Waals surface area contributed by atoms with Crippen LogP contribution in [0.5, 0.6) is 0 Å². The molecule has 5 nitrogen and oxygen atoms in total. The first-order valence-electron chi connectivity index (χ1n) is 8.50. The number of nitrogens with one attached hydrogen (secondary N) is 2. The molecule has 0 amide bonds. The third-order valence-corrected chi connectivity index (χ3v) is 4.09. The zero-order chi connectivity index (χ0) is 17.3. The summed E-state index contributed by atoms with van der Waals surface area (Å²) in [5.41, 5.74) is 3.08. The largest absolute Gasteiger partial charge is 0.392 e. The van der Waals surface area contributed by atoms with Gasteiger partial charge in [0.25, 0.3) is 0 Å². The first-order chi connectivity index (χ1) is 11.5. The van der Waals surface area contributed by atoms with Crippen LogP contribution in [0.1, 0.15) is 39.5 Å². The molecule has 5 heteroatoms. The van der Waals surface area contributed by atoms with Crippen molar-refractivity contribution in [3.63, 3.8) is 0 Å². The number of rotatable bonds is 6. The van der Waals surface area contributed by atoms with E-state index in [-0.39, 0.29) is 12.9 Å². The Hall–Kier alpha value is -1.95. The molecule has 2 aromatic heterocycles. The van der Waals surface area contributed by atoms with Crippen molar-refractivity contribution in [1.29, 1.82) is 0 Å². The summed E-state index contributed by atoms with van der Waals surface area (Å²) in [7, 11) is 0. The number of hydrogen-bond donors (Lipinski definition) is 3. The molecule has 3 rings (SSSR count). The van der Waals surface area contributed by atoms with Gasteiger partial charge in [-0.05, 0) is 45.4 Å². The fourth-order valence-electron chi connectivity index (χ4n) is 3.15. The van der Waals surface area contributed by atoms with Crippen molar-refractivity contribution in [3.8, 4) is 0 Å². The highest BCUT2D eigenvalue weighted by Crippen LogP contribution is 2.31. The summed E-state index contributed by atoms with van der Waals surface area (Å²) in [5.74, 6) is 0. The van der Waals surface area contributed by atoms with Crippen LogP contribution < -0.4 is 10.6 Å². The van der Waals surface area contributed by atoms with Gasteiger partial charge in [-0.1, -0.05) is 12.1 Å². The van der Waals surface area contributed by atoms with Crippen molar-refractivity contribution in [2.45, 2.75) is 52.7 Å². The Kier molecular flexibility index (Phi) is 4.85. The molecule has 0 unspecified atom stereocenters. The fraction of sp³-hybridized carbons (Fsp3) is 0.421. The first kappa shape index (κ1) is 16.9. The summed E-state index contributed by atoms with van der Waals surface area (Å²) < 4.78 is 2.25. The molecule has 3 N–H and O–H groups in total. The number of aliphatic hydroxyl groups excluding tert-OH is 1. The Morgan fingerprint density at radius 2 is 1.67 bits per heavy atom. The van der Waals surface area contributed by atoms with Gasteiger partial charge in [-0.25, -0.2) is 0 Å². The molecule has 3 aromatic rings. The number of benzene rings is 1. The lowest BCUT2D eigenvalue weighted by molar-refractivity contribution is 0.281. The van der Waals surface area contributed by atoms with Crippen LogP contribution in [0.15, 0.2) is 36.7 Å². The van der Waals surface area contributed by atoms with E-state index in [1.165, 1.54) is 10.8 Å². The van der Waals surface area contributed by atoms with Gasteiger partial charge in [0.2, 0.25) is 0 Å². The number of hydrogen-bond acceptors (Lipinski definition) is 4. The molecule has 24 heavy (non-hydrogen) atoms. The average Bonchev–Trinajstić information content (AvgIpc) is 2.86. The summed E-state index contributed by atoms with van der Waals surface area (Å²) >= 11 is 0. The average molecular weight is 326 g/mol. The lowest BCUT2D eigenvalue weighted by Gasteiger charge is -2.27. The van der Waals surface area contributed by atoms with E-state index in [4.69, 9.17) is 0 Å². The normalized spacial score (nSPS) is 12.3. The lowest BCUT2D eigenvalue weighted by atomic mass is 10.1. The molecule has 1 aromatic carbocycles. The van der Waals surface area contributed by atoms with Gasteiger partial charge in [-0.15, -0.1) is 0 Å². The fourth-order valence-corrected chi connectivity index (χ4v) is 3.15. The highest BCUT2D eigenvalue weighted by molar-refractivity contribution is 6.08. The number of nitrogens with zero attached hydrogens (tertiary/aromatic N) is 2. The maximum atomic E-state index is 9.54. The molecular formula is C19H26N4O. The third-order valence-electron chi connectivity index (χ3n) is 4.09. The second kappa shape index (κ2) is 6.89. The molecule has 0 fully saturated rings. The van der Waals surface area contributed by atoms with Crippen LogP contribution in [0.2, 0.25) is 0 Å². The predicted molar refractivity (Wildman–Crippen MR) is 98.7 cm³/mol. The van der Waals surface area contributed by atoms with E-state index in [2.05, 4.69) is 66.1 Å². The topological polar surface area (TPSA) is 62.1 Å². The van der Waals surface area contributed by atoms with Gasteiger partial charge in [0.15, 0.2) is 0 Å². The molecule has 0 bridgehead atoms. The molecule has 0 atom stereocenters. The Labute approximate surface area is 142 Å². The third kappa shape index (κ3) is 3.15. The van der Waals surface area contributed by atoms with Crippen LogP contribution in [0.3, 0.4) is 0 Å². The Balaban J connectivity index is 2.28. The number of aliphatic hydroxyl groups is 1. The maximum Gasteiger partial charge on any atom is 0.139 e. The predicted octanol–water partition coefficient (Wildman–Crippen LogP) is 3.13. The van der Waals surface area contributed by atoms with E-state index in [1.807, 2.05) is 18.5 Å². The van der Waals surface area contributed by atoms with Crippen molar-refractivity contribution in [1.82, 2.24) is 20.2 Å². The van der Waals surface area contributed by atoms with Gasteiger partial charge >= 0.3 is 0 Å². The smallest absolute Gasteiger partial charge is 0.139 e. The van der Waals surface area contributed by atoms with Crippen LogP contribution in [-0.2, 0) is 6.61 Å². The minimum Gasteiger partial charge on any atom is -0.392 e. The molecule has 0 radical (unpaired) electrons.